The van der Waals surface area contributed by atoms with E-state index < -0.39 is 0 Å². The molecule has 9 heteroatoms. The lowest BCUT2D eigenvalue weighted by Gasteiger charge is -2.19. The summed E-state index contributed by atoms with van der Waals surface area (Å²) in [5.74, 6) is -0.213. The molecule has 0 saturated carbocycles. The van der Waals surface area contributed by atoms with Gasteiger partial charge in [-0.3, -0.25) is 9.59 Å². The first-order valence-electron chi connectivity index (χ1n) is 14.7. The van der Waals surface area contributed by atoms with Crippen LogP contribution < -0.4 is 27.1 Å². The molecule has 0 fully saturated rings. The van der Waals surface area contributed by atoms with E-state index in [-0.39, 0.29) is 11.3 Å². The number of nitrogens with one attached hydrogen (secondary N) is 3. The highest BCUT2D eigenvalue weighted by Crippen LogP contribution is 2.31. The van der Waals surface area contributed by atoms with E-state index in [1.54, 1.807) is 29.5 Å². The van der Waals surface area contributed by atoms with E-state index in [9.17, 15) is 9.59 Å². The second kappa shape index (κ2) is 17.0. The van der Waals surface area contributed by atoms with Crippen molar-refractivity contribution in [3.63, 3.8) is 0 Å². The van der Waals surface area contributed by atoms with Gasteiger partial charge in [-0.05, 0) is 62.0 Å². The SMILES string of the molecule is CC.CO.Cc1ccc(NCCN(C)CCNc2ccccc2C(=O)Nc2ccccc2N)c2c(=O)c3ccccc3sc12. The molecule has 0 atom stereocenters. The molecular weight excluding hydrogens is 570 g/mol. The summed E-state index contributed by atoms with van der Waals surface area (Å²) in [4.78, 5) is 28.5. The minimum Gasteiger partial charge on any atom is -0.400 e. The zero-order valence-corrected chi connectivity index (χ0v) is 26.9. The molecule has 5 rings (SSSR count). The summed E-state index contributed by atoms with van der Waals surface area (Å²) < 4.78 is 2.04. The van der Waals surface area contributed by atoms with Crippen molar-refractivity contribution in [3.05, 3.63) is 106 Å². The summed E-state index contributed by atoms with van der Waals surface area (Å²) in [7, 11) is 3.06. The van der Waals surface area contributed by atoms with Crippen LogP contribution in [0.2, 0.25) is 0 Å². The number of nitrogens with two attached hydrogens (primary N) is 1. The number of likely N-dealkylation sites (N-methyl/N-ethyl adjacent to an activating group) is 1. The van der Waals surface area contributed by atoms with Gasteiger partial charge in [0.15, 0.2) is 5.43 Å². The van der Waals surface area contributed by atoms with Crippen LogP contribution in [0.25, 0.3) is 20.2 Å². The molecular formula is C35H43N5O3S. The molecule has 0 saturated heterocycles. The molecule has 1 amide bonds. The highest BCUT2D eigenvalue weighted by Gasteiger charge is 2.14. The highest BCUT2D eigenvalue weighted by molar-refractivity contribution is 7.24. The number of amides is 1. The number of para-hydroxylation sites is 3. The summed E-state index contributed by atoms with van der Waals surface area (Å²) in [6.45, 7) is 8.98. The van der Waals surface area contributed by atoms with E-state index in [0.29, 0.717) is 30.0 Å². The lowest BCUT2D eigenvalue weighted by atomic mass is 10.1. The number of aliphatic hydroxyl groups is 1. The zero-order valence-electron chi connectivity index (χ0n) is 26.1. The molecule has 4 aromatic carbocycles. The summed E-state index contributed by atoms with van der Waals surface area (Å²) in [6.07, 6.45) is 0. The van der Waals surface area contributed by atoms with E-state index in [1.807, 2.05) is 74.5 Å². The van der Waals surface area contributed by atoms with Crippen LogP contribution in [0.4, 0.5) is 22.7 Å². The van der Waals surface area contributed by atoms with Crippen LogP contribution in [0.15, 0.2) is 89.7 Å². The largest absolute Gasteiger partial charge is 0.400 e. The summed E-state index contributed by atoms with van der Waals surface area (Å²) in [5, 5.41) is 18.3. The van der Waals surface area contributed by atoms with Crippen molar-refractivity contribution >= 4 is 60.2 Å². The van der Waals surface area contributed by atoms with Crippen LogP contribution >= 0.6 is 11.3 Å². The van der Waals surface area contributed by atoms with Crippen molar-refractivity contribution in [3.8, 4) is 0 Å². The summed E-state index contributed by atoms with van der Waals surface area (Å²) in [6, 6.07) is 26.5. The molecule has 1 aromatic heterocycles. The lowest BCUT2D eigenvalue weighted by Crippen LogP contribution is -2.30. The predicted molar refractivity (Wildman–Crippen MR) is 190 cm³/mol. The first kappa shape index (κ1) is 34.1. The van der Waals surface area contributed by atoms with Crippen LogP contribution in [0, 0.1) is 6.92 Å². The molecule has 0 spiro atoms. The number of hydrogen-bond donors (Lipinski definition) is 5. The Morgan fingerprint density at radius 3 is 2.11 bits per heavy atom. The topological polar surface area (TPSA) is 120 Å². The smallest absolute Gasteiger partial charge is 0.257 e. The van der Waals surface area contributed by atoms with E-state index in [4.69, 9.17) is 10.8 Å². The van der Waals surface area contributed by atoms with Crippen molar-refractivity contribution in [1.29, 1.82) is 0 Å². The number of anilines is 4. The minimum atomic E-state index is -0.213. The number of nitrogens with zero attached hydrogens (tertiary/aromatic N) is 1. The number of carbonyl (C=O) groups is 1. The van der Waals surface area contributed by atoms with Crippen molar-refractivity contribution in [2.75, 3.05) is 62.0 Å². The van der Waals surface area contributed by atoms with E-state index in [2.05, 4.69) is 40.9 Å². The summed E-state index contributed by atoms with van der Waals surface area (Å²) in [5.41, 5.74) is 10.5. The minimum absolute atomic E-state index is 0.0748. The molecule has 0 aliphatic heterocycles. The maximum absolute atomic E-state index is 13.3. The second-order valence-corrected chi connectivity index (χ2v) is 10.9. The van der Waals surface area contributed by atoms with Gasteiger partial charge in [0.2, 0.25) is 0 Å². The van der Waals surface area contributed by atoms with Crippen molar-refractivity contribution in [1.82, 2.24) is 4.90 Å². The van der Waals surface area contributed by atoms with Gasteiger partial charge < -0.3 is 31.7 Å². The molecule has 0 aliphatic carbocycles. The third-order valence-electron chi connectivity index (χ3n) is 6.92. The molecule has 1 heterocycles. The van der Waals surface area contributed by atoms with Crippen molar-refractivity contribution < 1.29 is 9.90 Å². The molecule has 0 radical (unpaired) electrons. The maximum Gasteiger partial charge on any atom is 0.257 e. The van der Waals surface area contributed by atoms with Crippen LogP contribution in [-0.4, -0.2) is 56.3 Å². The summed E-state index contributed by atoms with van der Waals surface area (Å²) >= 11 is 1.67. The Kier molecular flexibility index (Phi) is 13.2. The number of aliphatic hydroxyl groups excluding tert-OH is 1. The standard InChI is InChI=1S/C32H33N5O2S.C2H6.CH4O/c1-21-15-16-27(29-30(38)23-10-4-8-14-28(23)40-31(21)29)35-18-20-37(2)19-17-34-25-12-6-3-9-22(25)32(39)36-26-13-7-5-11-24(26)33;2*1-2/h3-16,34-35H,17-20,33H2,1-2H3,(H,36,39);1-2H3;2H,1H3. The van der Waals surface area contributed by atoms with Gasteiger partial charge in [0.1, 0.15) is 0 Å². The van der Waals surface area contributed by atoms with Crippen LogP contribution in [0.5, 0.6) is 0 Å². The first-order chi connectivity index (χ1) is 21.4. The molecule has 44 heavy (non-hydrogen) atoms. The van der Waals surface area contributed by atoms with Crippen molar-refractivity contribution in [2.45, 2.75) is 20.8 Å². The molecule has 0 bridgehead atoms. The van der Waals surface area contributed by atoms with Crippen LogP contribution in [0.1, 0.15) is 29.8 Å². The average molecular weight is 614 g/mol. The fraction of sp³-hybridized carbons (Fsp3) is 0.257. The number of rotatable bonds is 10. The number of carbonyl (C=O) groups excluding carboxylic acids is 1. The van der Waals surface area contributed by atoms with Gasteiger partial charge in [0.25, 0.3) is 5.91 Å². The maximum atomic E-state index is 13.3. The van der Waals surface area contributed by atoms with Gasteiger partial charge in [-0.1, -0.05) is 56.3 Å². The average Bonchev–Trinajstić information content (AvgIpc) is 3.05. The second-order valence-electron chi connectivity index (χ2n) is 9.81. The molecule has 5 aromatic rings. The Labute approximate surface area is 263 Å². The van der Waals surface area contributed by atoms with E-state index >= 15 is 0 Å². The molecule has 0 aliphatic rings. The Morgan fingerprint density at radius 2 is 1.41 bits per heavy atom. The number of hydrogen-bond acceptors (Lipinski definition) is 8. The molecule has 6 N–H and O–H groups in total. The zero-order chi connectivity index (χ0) is 32.1. The Balaban J connectivity index is 0.00000127. The highest BCUT2D eigenvalue weighted by atomic mass is 32.1. The Bertz CT molecular complexity index is 1740. The van der Waals surface area contributed by atoms with E-state index in [1.165, 1.54) is 0 Å². The third kappa shape index (κ3) is 8.35. The van der Waals surface area contributed by atoms with Gasteiger partial charge in [0, 0.05) is 59.4 Å². The number of fused-ring (bicyclic) bond motifs is 2. The Hall–Kier alpha value is -4.44. The normalized spacial score (nSPS) is 10.4. The van der Waals surface area contributed by atoms with Crippen LogP contribution in [-0.2, 0) is 0 Å². The van der Waals surface area contributed by atoms with Gasteiger partial charge in [-0.25, -0.2) is 0 Å². The predicted octanol–water partition coefficient (Wildman–Crippen LogP) is 6.65. The number of aryl methyl sites for hydroxylation is 1. The lowest BCUT2D eigenvalue weighted by molar-refractivity contribution is 0.102. The van der Waals surface area contributed by atoms with Gasteiger partial charge in [-0.15, -0.1) is 11.3 Å². The molecule has 8 nitrogen and oxygen atoms in total. The third-order valence-corrected chi connectivity index (χ3v) is 8.23. The molecule has 0 unspecified atom stereocenters. The Morgan fingerprint density at radius 1 is 0.818 bits per heavy atom. The van der Waals surface area contributed by atoms with Gasteiger partial charge in [0.05, 0.1) is 22.3 Å². The number of nitrogen functional groups attached to an aromatic ring is 1. The van der Waals surface area contributed by atoms with Crippen molar-refractivity contribution in [2.24, 2.45) is 0 Å². The van der Waals surface area contributed by atoms with Gasteiger partial charge in [-0.2, -0.15) is 0 Å². The quantitative estimate of drug-likeness (QED) is 0.0884. The first-order valence-corrected chi connectivity index (χ1v) is 15.5. The fourth-order valence-electron chi connectivity index (χ4n) is 4.69. The molecule has 232 valence electrons. The number of benzene rings is 4. The van der Waals surface area contributed by atoms with Crippen LogP contribution in [0.3, 0.4) is 0 Å². The monoisotopic (exact) mass is 613 g/mol. The van der Waals surface area contributed by atoms with E-state index in [0.717, 1.165) is 57.3 Å². The van der Waals surface area contributed by atoms with Gasteiger partial charge >= 0.3 is 0 Å². The fourth-order valence-corrected chi connectivity index (χ4v) is 5.86.